The summed E-state index contributed by atoms with van der Waals surface area (Å²) in [6, 6.07) is 0. The molecular weight excluding hydrogens is 388 g/mol. The van der Waals surface area contributed by atoms with E-state index in [2.05, 4.69) is 0 Å². The molecule has 0 unspecified atom stereocenters. The monoisotopic (exact) mass is 403 g/mol. The van der Waals surface area contributed by atoms with Crippen LogP contribution < -0.4 is 103 Å². The Labute approximate surface area is 275 Å². The van der Waals surface area contributed by atoms with Crippen LogP contribution in [0.4, 0.5) is 0 Å². The van der Waals surface area contributed by atoms with Crippen molar-refractivity contribution in [2.24, 2.45) is 0 Å². The summed E-state index contributed by atoms with van der Waals surface area (Å²) in [5, 5.41) is 0. The van der Waals surface area contributed by atoms with Crippen LogP contribution in [0.5, 0.6) is 0 Å². The molecule has 0 saturated carbocycles. The molecule has 0 atom stereocenters. The second kappa shape index (κ2) is 23.5. The van der Waals surface area contributed by atoms with Gasteiger partial charge in [0.25, 0.3) is 0 Å². The maximum Gasteiger partial charge on any atom is 2.00 e. The molecular formula is H15Ca3K2O8P2+. The molecule has 0 aliphatic carbocycles. The summed E-state index contributed by atoms with van der Waals surface area (Å²) in [5.41, 5.74) is 0. The van der Waals surface area contributed by atoms with Crippen LogP contribution in [0.15, 0.2) is 0 Å². The molecule has 80 valence electrons. The standard InChI is InChI=1S/3Ca.2K.2H3O4P.8H/c;;;;;2*1-5(2,3)4;;;;;;;;/h;;;;;2*(H3,1,2,3,4);;;;;;;;/q3*+2;2*+1;;;8*-1/p+1. The van der Waals surface area contributed by atoms with Gasteiger partial charge in [-0.15, -0.1) is 0 Å². The van der Waals surface area contributed by atoms with Crippen LogP contribution >= 0.6 is 15.6 Å². The Bertz CT molecular complexity index is 161. The molecule has 0 radical (unpaired) electrons. The van der Waals surface area contributed by atoms with Crippen molar-refractivity contribution in [1.29, 1.82) is 0 Å². The first-order valence-corrected chi connectivity index (χ1v) is 4.70. The Balaban J connectivity index is -0.00000000241. The summed E-state index contributed by atoms with van der Waals surface area (Å²) >= 11 is 0. The second-order valence-electron chi connectivity index (χ2n) is 1.03. The molecule has 0 aliphatic rings. The zero-order valence-electron chi connectivity index (χ0n) is 17.5. The van der Waals surface area contributed by atoms with Crippen molar-refractivity contribution >= 4 is 129 Å². The van der Waals surface area contributed by atoms with Gasteiger partial charge in [0.15, 0.2) is 0 Å². The van der Waals surface area contributed by atoms with Crippen LogP contribution in [0.2, 0.25) is 0 Å². The van der Waals surface area contributed by atoms with Crippen LogP contribution in [0, 0.1) is 0 Å². The van der Waals surface area contributed by atoms with E-state index >= 15 is 0 Å². The average molecular weight is 403 g/mol. The van der Waals surface area contributed by atoms with Crippen molar-refractivity contribution in [3.63, 3.8) is 0 Å². The van der Waals surface area contributed by atoms with E-state index in [1.807, 2.05) is 0 Å². The van der Waals surface area contributed by atoms with E-state index in [0.717, 1.165) is 0 Å². The van der Waals surface area contributed by atoms with Gasteiger partial charge in [-0.1, -0.05) is 0 Å². The maximum atomic E-state index is 8.88. The van der Waals surface area contributed by atoms with Gasteiger partial charge in [0.2, 0.25) is 0 Å². The third-order valence-electron chi connectivity index (χ3n) is 0. The van der Waals surface area contributed by atoms with Crippen molar-refractivity contribution in [3.05, 3.63) is 0 Å². The van der Waals surface area contributed by atoms with Gasteiger partial charge in [0, 0.05) is 0 Å². The molecule has 0 fully saturated rings. The van der Waals surface area contributed by atoms with Crippen LogP contribution in [0.3, 0.4) is 0 Å². The Morgan fingerprint density at radius 1 is 0.667 bits per heavy atom. The quantitative estimate of drug-likeness (QED) is 0.172. The van der Waals surface area contributed by atoms with Crippen molar-refractivity contribution in [2.75, 3.05) is 0 Å². The van der Waals surface area contributed by atoms with Crippen molar-refractivity contribution < 1.29 is 154 Å². The molecule has 0 amide bonds. The summed E-state index contributed by atoms with van der Waals surface area (Å²) in [6.45, 7) is 0. The normalized spacial score (nSPS) is 7.87. The number of hydrogen-bond acceptors (Lipinski definition) is 2. The number of phosphoric acid groups is 2. The van der Waals surface area contributed by atoms with Crippen LogP contribution in [0.1, 0.15) is 12.8 Å². The van der Waals surface area contributed by atoms with Crippen molar-refractivity contribution in [3.8, 4) is 0 Å². The Kier molecular flexibility index (Phi) is 67.8. The van der Waals surface area contributed by atoms with Gasteiger partial charge >= 0.3 is 233 Å². The fourth-order valence-corrected chi connectivity index (χ4v) is 0. The summed E-state index contributed by atoms with van der Waals surface area (Å²) in [5.74, 6) is 0. The van der Waals surface area contributed by atoms with Crippen molar-refractivity contribution in [1.82, 2.24) is 0 Å². The van der Waals surface area contributed by atoms with E-state index in [9.17, 15) is 0 Å². The Morgan fingerprint density at radius 3 is 0.667 bits per heavy atom. The summed E-state index contributed by atoms with van der Waals surface area (Å²) in [4.78, 5) is 43.1. The molecule has 0 aliphatic heterocycles. The van der Waals surface area contributed by atoms with Crippen LogP contribution in [-0.4, -0.2) is 143 Å². The SMILES string of the molecule is O=P(O)(O)O.O=P(O)(O)O.[Ca+2].[Ca+2].[Ca+2].[H+].[H-].[H-].[H-].[H-].[H-].[H-].[H-].[H-].[K+].[K+]. The summed E-state index contributed by atoms with van der Waals surface area (Å²) in [7, 11) is -9.28. The average Bonchev–Trinajstić information content (AvgIpc) is 1.12. The largest absolute Gasteiger partial charge is 2.00 e. The van der Waals surface area contributed by atoms with E-state index < -0.39 is 15.6 Å². The molecule has 0 bridgehead atoms. The van der Waals surface area contributed by atoms with Gasteiger partial charge in [0.1, 0.15) is 0 Å². The molecule has 0 aromatic rings. The van der Waals surface area contributed by atoms with Crippen LogP contribution in [-0.2, 0) is 9.13 Å². The van der Waals surface area contributed by atoms with Crippen molar-refractivity contribution in [2.45, 2.75) is 0 Å². The van der Waals surface area contributed by atoms with Gasteiger partial charge in [-0.25, -0.2) is 9.13 Å². The van der Waals surface area contributed by atoms with E-state index in [1.165, 1.54) is 0 Å². The predicted octanol–water partition coefficient (Wildman–Crippen LogP) is -7.98. The minimum Gasteiger partial charge on any atom is -1.00 e. The fourth-order valence-electron chi connectivity index (χ4n) is 0. The molecule has 0 aromatic carbocycles. The minimum atomic E-state index is -4.64. The molecule has 6 N–H and O–H groups in total. The first-order valence-electron chi connectivity index (χ1n) is 1.57. The third-order valence-corrected chi connectivity index (χ3v) is 0. The smallest absolute Gasteiger partial charge is 1.00 e. The Morgan fingerprint density at radius 2 is 0.667 bits per heavy atom. The molecule has 15 heavy (non-hydrogen) atoms. The molecule has 0 heterocycles. The first kappa shape index (κ1) is 43.2. The topological polar surface area (TPSA) is 156 Å². The second-order valence-corrected chi connectivity index (χ2v) is 3.08. The van der Waals surface area contributed by atoms with Gasteiger partial charge < -0.3 is 40.8 Å². The number of hydrogen-bond donors (Lipinski definition) is 6. The zero-order valence-corrected chi connectivity index (χ0v) is 23.2. The van der Waals surface area contributed by atoms with E-state index in [-0.39, 0.29) is 229 Å². The van der Waals surface area contributed by atoms with Crippen LogP contribution in [0.25, 0.3) is 0 Å². The summed E-state index contributed by atoms with van der Waals surface area (Å²) < 4.78 is 17.8. The third kappa shape index (κ3) is 149. The molecule has 8 nitrogen and oxygen atoms in total. The fraction of sp³-hybridized carbons (Fsp3) is 0. The zero-order chi connectivity index (χ0) is 9.00. The van der Waals surface area contributed by atoms with Gasteiger partial charge in [-0.3, -0.25) is 0 Å². The molecule has 0 saturated heterocycles. The molecule has 15 heteroatoms. The summed E-state index contributed by atoms with van der Waals surface area (Å²) in [6.07, 6.45) is 0. The number of rotatable bonds is 0. The van der Waals surface area contributed by atoms with Gasteiger partial charge in [-0.2, -0.15) is 0 Å². The predicted molar refractivity (Wildman–Crippen MR) is 55.8 cm³/mol. The molecule has 0 rings (SSSR count). The van der Waals surface area contributed by atoms with E-state index in [0.29, 0.717) is 0 Å². The molecule has 0 aromatic heterocycles. The minimum absolute atomic E-state index is 0. The van der Waals surface area contributed by atoms with E-state index in [4.69, 9.17) is 38.5 Å². The maximum absolute atomic E-state index is 8.88. The Hall–Kier alpha value is 7.27. The van der Waals surface area contributed by atoms with E-state index in [1.54, 1.807) is 0 Å². The molecule has 0 spiro atoms. The van der Waals surface area contributed by atoms with Gasteiger partial charge in [-0.05, 0) is 0 Å². The van der Waals surface area contributed by atoms with Gasteiger partial charge in [0.05, 0.1) is 0 Å². The first-order chi connectivity index (χ1) is 4.00.